The molecule has 2 atom stereocenters. The highest BCUT2D eigenvalue weighted by atomic mass is 16.1. The molecule has 0 unspecified atom stereocenters. The van der Waals surface area contributed by atoms with Crippen LogP contribution < -0.4 is 0 Å². The minimum absolute atomic E-state index is 0.314. The number of hydrogen-bond acceptors (Lipinski definition) is 1. The van der Waals surface area contributed by atoms with Crippen LogP contribution in [0.25, 0.3) is 0 Å². The molecule has 0 aromatic rings. The Morgan fingerprint density at radius 1 is 1.50 bits per heavy atom. The summed E-state index contributed by atoms with van der Waals surface area (Å²) in [4.78, 5) is 11.2. The Hall–Kier alpha value is -0.590. The summed E-state index contributed by atoms with van der Waals surface area (Å²) in [6.07, 6.45) is 8.64. The lowest BCUT2D eigenvalue weighted by Gasteiger charge is -2.22. The second-order valence-electron chi connectivity index (χ2n) is 3.31. The first-order valence-corrected chi connectivity index (χ1v) is 4.07. The molecule has 0 aromatic heterocycles. The molecule has 0 bridgehead atoms. The Labute approximate surface area is 61.1 Å². The summed E-state index contributed by atoms with van der Waals surface area (Å²) in [7, 11) is 0. The van der Waals surface area contributed by atoms with Crippen LogP contribution >= 0.6 is 0 Å². The molecule has 0 radical (unpaired) electrons. The van der Waals surface area contributed by atoms with Gasteiger partial charge in [0.1, 0.15) is 5.78 Å². The second-order valence-corrected chi connectivity index (χ2v) is 3.31. The molecule has 0 amide bonds. The van der Waals surface area contributed by atoms with Crippen molar-refractivity contribution in [1.82, 2.24) is 0 Å². The van der Waals surface area contributed by atoms with Crippen LogP contribution in [0.15, 0.2) is 12.2 Å². The number of carbonyl (C=O) groups excluding carboxylic acids is 1. The van der Waals surface area contributed by atoms with E-state index in [1.807, 2.05) is 0 Å². The van der Waals surface area contributed by atoms with E-state index in [9.17, 15) is 4.79 Å². The van der Waals surface area contributed by atoms with Crippen molar-refractivity contribution in [1.29, 1.82) is 0 Å². The van der Waals surface area contributed by atoms with Crippen LogP contribution in [-0.2, 0) is 4.79 Å². The summed E-state index contributed by atoms with van der Waals surface area (Å²) in [5.41, 5.74) is 0. The van der Waals surface area contributed by atoms with Gasteiger partial charge >= 0.3 is 0 Å². The van der Waals surface area contributed by atoms with E-state index < -0.39 is 0 Å². The third-order valence-corrected chi connectivity index (χ3v) is 2.66. The number of allylic oxidation sites excluding steroid dienone is 2. The number of Topliss-reactive ketones (excluding diaryl/α,β-unsaturated/α-hetero) is 1. The van der Waals surface area contributed by atoms with E-state index >= 15 is 0 Å². The lowest BCUT2D eigenvalue weighted by molar-refractivity contribution is -0.124. The first-order chi connectivity index (χ1) is 4.88. The normalized spacial score (nSPS) is 38.2. The molecule has 1 fully saturated rings. The van der Waals surface area contributed by atoms with Gasteiger partial charge < -0.3 is 0 Å². The Morgan fingerprint density at radius 3 is 3.20 bits per heavy atom. The third-order valence-electron chi connectivity index (χ3n) is 2.66. The SMILES string of the molecule is O=C1CCC[C@@H]2CC=C[C@H]12. The highest BCUT2D eigenvalue weighted by molar-refractivity contribution is 5.84. The summed E-state index contributed by atoms with van der Waals surface area (Å²) in [6.45, 7) is 0. The van der Waals surface area contributed by atoms with E-state index in [-0.39, 0.29) is 0 Å². The molecule has 0 N–H and O–H groups in total. The van der Waals surface area contributed by atoms with Gasteiger partial charge in [-0.05, 0) is 25.2 Å². The number of hydrogen-bond donors (Lipinski definition) is 0. The van der Waals surface area contributed by atoms with Gasteiger partial charge in [-0.25, -0.2) is 0 Å². The smallest absolute Gasteiger partial charge is 0.140 e. The number of fused-ring (bicyclic) bond motifs is 1. The first-order valence-electron chi connectivity index (χ1n) is 4.07. The van der Waals surface area contributed by atoms with Crippen LogP contribution in [0.3, 0.4) is 0 Å². The highest BCUT2D eigenvalue weighted by Crippen LogP contribution is 2.35. The van der Waals surface area contributed by atoms with Crippen LogP contribution in [0.5, 0.6) is 0 Å². The van der Waals surface area contributed by atoms with Gasteiger partial charge in [-0.1, -0.05) is 12.2 Å². The summed E-state index contributed by atoms with van der Waals surface area (Å²) >= 11 is 0. The molecule has 0 aliphatic heterocycles. The highest BCUT2D eigenvalue weighted by Gasteiger charge is 2.31. The molecular weight excluding hydrogens is 124 g/mol. The van der Waals surface area contributed by atoms with E-state index in [1.54, 1.807) is 0 Å². The number of carbonyl (C=O) groups is 1. The van der Waals surface area contributed by atoms with Crippen LogP contribution in [0.4, 0.5) is 0 Å². The molecule has 0 aromatic carbocycles. The average Bonchev–Trinajstić information content (AvgIpc) is 2.36. The predicted molar refractivity (Wildman–Crippen MR) is 39.6 cm³/mol. The summed E-state index contributed by atoms with van der Waals surface area (Å²) in [6, 6.07) is 0. The lowest BCUT2D eigenvalue weighted by atomic mass is 9.81. The summed E-state index contributed by atoms with van der Waals surface area (Å²) in [5.74, 6) is 1.47. The predicted octanol–water partition coefficient (Wildman–Crippen LogP) is 1.93. The van der Waals surface area contributed by atoms with Crippen molar-refractivity contribution in [2.75, 3.05) is 0 Å². The Morgan fingerprint density at radius 2 is 2.40 bits per heavy atom. The van der Waals surface area contributed by atoms with E-state index in [0.717, 1.165) is 19.3 Å². The molecule has 1 saturated carbocycles. The molecule has 0 saturated heterocycles. The van der Waals surface area contributed by atoms with E-state index in [1.165, 1.54) is 6.42 Å². The fourth-order valence-electron chi connectivity index (χ4n) is 2.08. The molecule has 2 aliphatic carbocycles. The van der Waals surface area contributed by atoms with Crippen molar-refractivity contribution in [3.8, 4) is 0 Å². The van der Waals surface area contributed by atoms with Gasteiger partial charge in [0, 0.05) is 12.3 Å². The Balaban J connectivity index is 2.16. The molecule has 54 valence electrons. The van der Waals surface area contributed by atoms with Gasteiger partial charge in [-0.3, -0.25) is 4.79 Å². The molecule has 0 heterocycles. The standard InChI is InChI=1S/C9H12O/c10-9-6-2-4-7-3-1-5-8(7)9/h1,5,7-8H,2-4,6H2/t7-,8-/m0/s1. The monoisotopic (exact) mass is 136 g/mol. The molecule has 1 heteroatoms. The van der Waals surface area contributed by atoms with Gasteiger partial charge in [0.15, 0.2) is 0 Å². The van der Waals surface area contributed by atoms with Crippen molar-refractivity contribution >= 4 is 5.78 Å². The molecule has 2 rings (SSSR count). The molecule has 1 nitrogen and oxygen atoms in total. The zero-order valence-corrected chi connectivity index (χ0v) is 6.05. The van der Waals surface area contributed by atoms with Crippen molar-refractivity contribution < 1.29 is 4.79 Å². The third kappa shape index (κ3) is 0.808. The zero-order chi connectivity index (χ0) is 6.97. The maximum atomic E-state index is 11.2. The van der Waals surface area contributed by atoms with Crippen molar-refractivity contribution in [2.45, 2.75) is 25.7 Å². The molecule has 2 aliphatic rings. The molecule has 10 heavy (non-hydrogen) atoms. The number of ketones is 1. The van der Waals surface area contributed by atoms with Gasteiger partial charge in [-0.15, -0.1) is 0 Å². The van der Waals surface area contributed by atoms with Crippen molar-refractivity contribution in [2.24, 2.45) is 11.8 Å². The summed E-state index contributed by atoms with van der Waals surface area (Å²) < 4.78 is 0. The largest absolute Gasteiger partial charge is 0.299 e. The van der Waals surface area contributed by atoms with Crippen molar-refractivity contribution in [3.63, 3.8) is 0 Å². The van der Waals surface area contributed by atoms with E-state index in [2.05, 4.69) is 12.2 Å². The van der Waals surface area contributed by atoms with E-state index in [0.29, 0.717) is 17.6 Å². The van der Waals surface area contributed by atoms with Crippen LogP contribution in [0, 0.1) is 11.8 Å². The summed E-state index contributed by atoms with van der Waals surface area (Å²) in [5, 5.41) is 0. The topological polar surface area (TPSA) is 17.1 Å². The second kappa shape index (κ2) is 2.22. The maximum Gasteiger partial charge on any atom is 0.140 e. The number of rotatable bonds is 0. The zero-order valence-electron chi connectivity index (χ0n) is 6.05. The molecule has 0 spiro atoms. The molecular formula is C9H12O. The minimum atomic E-state index is 0.314. The van der Waals surface area contributed by atoms with E-state index in [4.69, 9.17) is 0 Å². The Bertz CT molecular complexity index is 181. The van der Waals surface area contributed by atoms with Gasteiger partial charge in [-0.2, -0.15) is 0 Å². The fourth-order valence-corrected chi connectivity index (χ4v) is 2.08. The minimum Gasteiger partial charge on any atom is -0.299 e. The van der Waals surface area contributed by atoms with Gasteiger partial charge in [0.2, 0.25) is 0 Å². The fraction of sp³-hybridized carbons (Fsp3) is 0.667. The Kier molecular flexibility index (Phi) is 1.37. The quantitative estimate of drug-likeness (QED) is 0.465. The van der Waals surface area contributed by atoms with Crippen LogP contribution in [-0.4, -0.2) is 5.78 Å². The first kappa shape index (κ1) is 6.14. The maximum absolute atomic E-state index is 11.2. The van der Waals surface area contributed by atoms with Crippen LogP contribution in [0.1, 0.15) is 25.7 Å². The van der Waals surface area contributed by atoms with Crippen molar-refractivity contribution in [3.05, 3.63) is 12.2 Å². The van der Waals surface area contributed by atoms with Gasteiger partial charge in [0.25, 0.3) is 0 Å². The average molecular weight is 136 g/mol. The lowest BCUT2D eigenvalue weighted by Crippen LogP contribution is -2.23. The van der Waals surface area contributed by atoms with Crippen LogP contribution in [0.2, 0.25) is 0 Å². The van der Waals surface area contributed by atoms with Gasteiger partial charge in [0.05, 0.1) is 0 Å².